The van der Waals surface area contributed by atoms with Crippen LogP contribution in [0.3, 0.4) is 0 Å². The SMILES string of the molecule is COC(=O)C(CO)NC(=O)c1oc2c(F)cccc2c1C. The molecule has 7 heteroatoms. The molecule has 0 aliphatic carbocycles. The maximum atomic E-state index is 13.6. The quantitative estimate of drug-likeness (QED) is 0.826. The van der Waals surface area contributed by atoms with Gasteiger partial charge in [0.25, 0.3) is 5.91 Å². The van der Waals surface area contributed by atoms with Crippen LogP contribution in [-0.4, -0.2) is 36.7 Å². The predicted molar refractivity (Wildman–Crippen MR) is 71.3 cm³/mol. The van der Waals surface area contributed by atoms with E-state index in [1.807, 2.05) is 0 Å². The molecule has 6 nitrogen and oxygen atoms in total. The summed E-state index contributed by atoms with van der Waals surface area (Å²) in [6.07, 6.45) is 0. The van der Waals surface area contributed by atoms with E-state index >= 15 is 0 Å². The zero-order valence-corrected chi connectivity index (χ0v) is 11.5. The van der Waals surface area contributed by atoms with Crippen molar-refractivity contribution < 1.29 is 28.2 Å². The fourth-order valence-electron chi connectivity index (χ4n) is 1.97. The van der Waals surface area contributed by atoms with E-state index in [2.05, 4.69) is 10.1 Å². The number of methoxy groups -OCH3 is 1. The Kier molecular flexibility index (Phi) is 4.23. The lowest BCUT2D eigenvalue weighted by atomic mass is 10.1. The molecule has 1 unspecified atom stereocenters. The number of benzene rings is 1. The number of hydrogen-bond acceptors (Lipinski definition) is 5. The minimum absolute atomic E-state index is 0.0289. The van der Waals surface area contributed by atoms with Crippen molar-refractivity contribution in [3.63, 3.8) is 0 Å². The Hall–Kier alpha value is -2.41. The van der Waals surface area contributed by atoms with Gasteiger partial charge in [0.1, 0.15) is 0 Å². The Morgan fingerprint density at radius 1 is 1.48 bits per heavy atom. The number of esters is 1. The van der Waals surface area contributed by atoms with Gasteiger partial charge in [0.05, 0.1) is 13.7 Å². The predicted octanol–water partition coefficient (Wildman–Crippen LogP) is 1.14. The number of fused-ring (bicyclic) bond motifs is 1. The van der Waals surface area contributed by atoms with Crippen LogP contribution in [0.2, 0.25) is 0 Å². The Morgan fingerprint density at radius 3 is 2.76 bits per heavy atom. The highest BCUT2D eigenvalue weighted by atomic mass is 19.1. The van der Waals surface area contributed by atoms with Crippen molar-refractivity contribution in [3.8, 4) is 0 Å². The van der Waals surface area contributed by atoms with E-state index in [4.69, 9.17) is 9.52 Å². The molecular weight excluding hydrogens is 281 g/mol. The van der Waals surface area contributed by atoms with Crippen molar-refractivity contribution in [3.05, 3.63) is 35.3 Å². The average Bonchev–Trinajstić information content (AvgIpc) is 2.83. The summed E-state index contributed by atoms with van der Waals surface area (Å²) in [5.74, 6) is -2.21. The summed E-state index contributed by atoms with van der Waals surface area (Å²) in [6.45, 7) is 0.984. The van der Waals surface area contributed by atoms with E-state index in [-0.39, 0.29) is 11.3 Å². The normalized spacial score (nSPS) is 12.2. The lowest BCUT2D eigenvalue weighted by Crippen LogP contribution is -2.44. The van der Waals surface area contributed by atoms with Gasteiger partial charge in [-0.15, -0.1) is 0 Å². The highest BCUT2D eigenvalue weighted by Crippen LogP contribution is 2.27. The fraction of sp³-hybridized carbons (Fsp3) is 0.286. The Balaban J connectivity index is 2.34. The van der Waals surface area contributed by atoms with Gasteiger partial charge in [-0.1, -0.05) is 12.1 Å². The Bertz CT molecular complexity index is 694. The average molecular weight is 295 g/mol. The second kappa shape index (κ2) is 5.92. The van der Waals surface area contributed by atoms with Crippen LogP contribution in [0.4, 0.5) is 4.39 Å². The van der Waals surface area contributed by atoms with Crippen molar-refractivity contribution >= 4 is 22.8 Å². The highest BCUT2D eigenvalue weighted by Gasteiger charge is 2.25. The van der Waals surface area contributed by atoms with E-state index in [0.29, 0.717) is 10.9 Å². The van der Waals surface area contributed by atoms with Crippen molar-refractivity contribution in [2.75, 3.05) is 13.7 Å². The largest absolute Gasteiger partial charge is 0.467 e. The number of hydrogen-bond donors (Lipinski definition) is 2. The molecule has 0 aliphatic heterocycles. The van der Waals surface area contributed by atoms with E-state index in [1.165, 1.54) is 12.1 Å². The molecule has 1 aromatic carbocycles. The van der Waals surface area contributed by atoms with Crippen molar-refractivity contribution in [1.29, 1.82) is 0 Å². The first kappa shape index (κ1) is 15.0. The van der Waals surface area contributed by atoms with Crippen molar-refractivity contribution in [2.45, 2.75) is 13.0 Å². The van der Waals surface area contributed by atoms with E-state index in [1.54, 1.807) is 13.0 Å². The number of aliphatic hydroxyl groups is 1. The minimum atomic E-state index is -1.21. The smallest absolute Gasteiger partial charge is 0.330 e. The third-order valence-electron chi connectivity index (χ3n) is 3.10. The molecule has 112 valence electrons. The maximum absolute atomic E-state index is 13.6. The molecule has 0 spiro atoms. The summed E-state index contributed by atoms with van der Waals surface area (Å²) in [7, 11) is 1.14. The van der Waals surface area contributed by atoms with Gasteiger partial charge in [-0.05, 0) is 13.0 Å². The first-order valence-electron chi connectivity index (χ1n) is 6.16. The number of ether oxygens (including phenoxy) is 1. The van der Waals surface area contributed by atoms with Gasteiger partial charge in [-0.2, -0.15) is 0 Å². The molecule has 21 heavy (non-hydrogen) atoms. The molecule has 1 heterocycles. The fourth-order valence-corrected chi connectivity index (χ4v) is 1.97. The topological polar surface area (TPSA) is 88.8 Å². The number of furan rings is 1. The number of carbonyl (C=O) groups excluding carboxylic acids is 2. The van der Waals surface area contributed by atoms with Gasteiger partial charge in [-0.25, -0.2) is 9.18 Å². The molecule has 0 bridgehead atoms. The van der Waals surface area contributed by atoms with Crippen molar-refractivity contribution in [1.82, 2.24) is 5.32 Å². The second-order valence-corrected chi connectivity index (χ2v) is 4.40. The summed E-state index contributed by atoms with van der Waals surface area (Å²) in [5.41, 5.74) is 0.419. The van der Waals surface area contributed by atoms with Crippen LogP contribution in [0.5, 0.6) is 0 Å². The van der Waals surface area contributed by atoms with Crippen LogP contribution in [0.15, 0.2) is 22.6 Å². The number of para-hydroxylation sites is 1. The number of nitrogens with one attached hydrogen (secondary N) is 1. The number of amides is 1. The molecule has 0 saturated carbocycles. The van der Waals surface area contributed by atoms with Gasteiger partial charge in [0, 0.05) is 10.9 Å². The molecule has 2 aromatic rings. The third-order valence-corrected chi connectivity index (χ3v) is 3.10. The summed E-state index contributed by atoms with van der Waals surface area (Å²) >= 11 is 0. The first-order chi connectivity index (χ1) is 9.99. The number of carbonyl (C=O) groups is 2. The van der Waals surface area contributed by atoms with Gasteiger partial charge in [0.2, 0.25) is 0 Å². The van der Waals surface area contributed by atoms with Crippen LogP contribution in [-0.2, 0) is 9.53 Å². The lowest BCUT2D eigenvalue weighted by Gasteiger charge is -2.12. The number of rotatable bonds is 4. The van der Waals surface area contributed by atoms with Crippen LogP contribution < -0.4 is 5.32 Å². The van der Waals surface area contributed by atoms with E-state index < -0.39 is 30.3 Å². The first-order valence-corrected chi connectivity index (χ1v) is 6.16. The minimum Gasteiger partial charge on any atom is -0.467 e. The zero-order valence-electron chi connectivity index (χ0n) is 11.5. The molecule has 2 rings (SSSR count). The van der Waals surface area contributed by atoms with E-state index in [0.717, 1.165) is 7.11 Å². The lowest BCUT2D eigenvalue weighted by molar-refractivity contribution is -0.143. The Labute approximate surface area is 119 Å². The summed E-state index contributed by atoms with van der Waals surface area (Å²) in [4.78, 5) is 23.4. The number of halogens is 1. The molecule has 0 fully saturated rings. The molecule has 2 N–H and O–H groups in total. The van der Waals surface area contributed by atoms with Crippen LogP contribution in [0, 0.1) is 12.7 Å². The Morgan fingerprint density at radius 2 is 2.19 bits per heavy atom. The standard InChI is InChI=1S/C14H14FNO5/c1-7-8-4-3-5-9(15)12(8)21-11(7)13(18)16-10(6-17)14(19)20-2/h3-5,10,17H,6H2,1-2H3,(H,16,18). The van der Waals surface area contributed by atoms with Crippen LogP contribution in [0.25, 0.3) is 11.0 Å². The number of aliphatic hydroxyl groups excluding tert-OH is 1. The molecule has 0 radical (unpaired) electrons. The molecule has 1 aromatic heterocycles. The zero-order chi connectivity index (χ0) is 15.6. The molecule has 1 atom stereocenters. The molecular formula is C14H14FNO5. The summed E-state index contributed by atoms with van der Waals surface area (Å²) in [6, 6.07) is 3.14. The van der Waals surface area contributed by atoms with Crippen LogP contribution >= 0.6 is 0 Å². The highest BCUT2D eigenvalue weighted by molar-refractivity contribution is 6.00. The van der Waals surface area contributed by atoms with Crippen molar-refractivity contribution in [2.24, 2.45) is 0 Å². The molecule has 0 saturated heterocycles. The third kappa shape index (κ3) is 2.73. The number of aryl methyl sites for hydroxylation is 1. The van der Waals surface area contributed by atoms with Gasteiger partial charge in [0.15, 0.2) is 23.2 Å². The summed E-state index contributed by atoms with van der Waals surface area (Å²) < 4.78 is 23.3. The summed E-state index contributed by atoms with van der Waals surface area (Å²) in [5, 5.41) is 11.8. The van der Waals surface area contributed by atoms with Gasteiger partial charge < -0.3 is 19.6 Å². The molecule has 1 amide bonds. The van der Waals surface area contributed by atoms with Gasteiger partial charge >= 0.3 is 5.97 Å². The van der Waals surface area contributed by atoms with E-state index in [9.17, 15) is 14.0 Å². The van der Waals surface area contributed by atoms with Crippen LogP contribution in [0.1, 0.15) is 16.1 Å². The molecule has 0 aliphatic rings. The van der Waals surface area contributed by atoms with Gasteiger partial charge in [-0.3, -0.25) is 4.79 Å². The monoisotopic (exact) mass is 295 g/mol. The second-order valence-electron chi connectivity index (χ2n) is 4.40. The maximum Gasteiger partial charge on any atom is 0.330 e.